The van der Waals surface area contributed by atoms with E-state index in [1.807, 2.05) is 38.1 Å². The summed E-state index contributed by atoms with van der Waals surface area (Å²) in [5, 5.41) is 13.4. The molecule has 0 bridgehead atoms. The number of ether oxygens (including phenoxy) is 1. The van der Waals surface area contributed by atoms with Crippen molar-refractivity contribution in [1.82, 2.24) is 15.5 Å². The van der Waals surface area contributed by atoms with Crippen LogP contribution in [0.1, 0.15) is 50.3 Å². The van der Waals surface area contributed by atoms with Gasteiger partial charge in [0.15, 0.2) is 5.82 Å². The summed E-state index contributed by atoms with van der Waals surface area (Å²) >= 11 is 0. The van der Waals surface area contributed by atoms with Gasteiger partial charge in [0, 0.05) is 36.5 Å². The molecule has 4 rings (SSSR count). The number of sulfonamides is 1. The Hall–Kier alpha value is -2.75. The minimum absolute atomic E-state index is 0.0335. The predicted molar refractivity (Wildman–Crippen MR) is 114 cm³/mol. The zero-order chi connectivity index (χ0) is 21.5. The molecule has 1 aromatic heterocycles. The van der Waals surface area contributed by atoms with E-state index in [-0.39, 0.29) is 29.9 Å². The molecule has 10 heteroatoms. The van der Waals surface area contributed by atoms with Crippen LogP contribution >= 0.6 is 0 Å². The molecule has 0 saturated heterocycles. The van der Waals surface area contributed by atoms with E-state index in [1.165, 1.54) is 4.31 Å². The van der Waals surface area contributed by atoms with Gasteiger partial charge >= 0.3 is 6.09 Å². The van der Waals surface area contributed by atoms with Crippen molar-refractivity contribution in [1.29, 1.82) is 0 Å². The lowest BCUT2D eigenvalue weighted by Gasteiger charge is -2.14. The van der Waals surface area contributed by atoms with Crippen molar-refractivity contribution in [3.63, 3.8) is 0 Å². The van der Waals surface area contributed by atoms with Crippen molar-refractivity contribution in [3.8, 4) is 0 Å². The Labute approximate surface area is 176 Å². The van der Waals surface area contributed by atoms with E-state index in [0.29, 0.717) is 11.5 Å². The van der Waals surface area contributed by atoms with Crippen LogP contribution in [0.25, 0.3) is 0 Å². The first-order chi connectivity index (χ1) is 14.2. The number of anilines is 3. The number of carbonyl (C=O) groups is 1. The number of H-pyrrole nitrogens is 1. The Bertz CT molecular complexity index is 1050. The summed E-state index contributed by atoms with van der Waals surface area (Å²) in [5.74, 6) is 0.947. The highest BCUT2D eigenvalue weighted by molar-refractivity contribution is 7.92. The lowest BCUT2D eigenvalue weighted by atomic mass is 10.0. The molecule has 0 spiro atoms. The van der Waals surface area contributed by atoms with Crippen molar-refractivity contribution >= 4 is 33.3 Å². The molecule has 162 valence electrons. The molecule has 2 atom stereocenters. The van der Waals surface area contributed by atoms with Gasteiger partial charge in [0.1, 0.15) is 6.10 Å². The van der Waals surface area contributed by atoms with Gasteiger partial charge in [-0.1, -0.05) is 6.07 Å². The Kier molecular flexibility index (Phi) is 5.35. The summed E-state index contributed by atoms with van der Waals surface area (Å²) in [6, 6.07) is 7.51. The first-order valence-corrected chi connectivity index (χ1v) is 11.7. The van der Waals surface area contributed by atoms with Gasteiger partial charge in [0.05, 0.1) is 11.4 Å². The monoisotopic (exact) mass is 433 g/mol. The molecule has 1 aliphatic carbocycles. The molecule has 1 saturated carbocycles. The van der Waals surface area contributed by atoms with Crippen LogP contribution in [0.15, 0.2) is 24.3 Å². The van der Waals surface area contributed by atoms with Crippen molar-refractivity contribution < 1.29 is 17.9 Å². The number of alkyl carbamates (subject to hydrolysis) is 1. The SMILES string of the molecule is CC(C)NC(=O)O[C@@H]1CC[C@H](c2cc(Nc3ccc4c(c3)N(C)S(=O)(=O)C4)n[nH]2)C1. The number of hydrogen-bond acceptors (Lipinski definition) is 6. The van der Waals surface area contributed by atoms with Crippen molar-refractivity contribution in [2.75, 3.05) is 16.7 Å². The van der Waals surface area contributed by atoms with Gasteiger partial charge in [-0.25, -0.2) is 13.2 Å². The summed E-state index contributed by atoms with van der Waals surface area (Å²) in [6.07, 6.45) is 2.04. The number of nitrogens with one attached hydrogen (secondary N) is 3. The minimum atomic E-state index is -3.26. The minimum Gasteiger partial charge on any atom is -0.446 e. The number of carbonyl (C=O) groups excluding carboxylic acids is 1. The molecule has 1 fully saturated rings. The number of fused-ring (bicyclic) bond motifs is 1. The molecule has 1 aliphatic heterocycles. The second-order valence-electron chi connectivity index (χ2n) is 8.24. The largest absolute Gasteiger partial charge is 0.446 e. The molecular formula is C20H27N5O4S. The summed E-state index contributed by atoms with van der Waals surface area (Å²) in [5.41, 5.74) is 3.25. The maximum absolute atomic E-state index is 12.0. The van der Waals surface area contributed by atoms with Crippen LogP contribution in [-0.4, -0.2) is 43.9 Å². The van der Waals surface area contributed by atoms with E-state index in [0.717, 1.165) is 36.2 Å². The zero-order valence-electron chi connectivity index (χ0n) is 17.3. The fourth-order valence-electron chi connectivity index (χ4n) is 4.01. The van der Waals surface area contributed by atoms with E-state index >= 15 is 0 Å². The number of aromatic nitrogens is 2. The Morgan fingerprint density at radius 1 is 1.30 bits per heavy atom. The Morgan fingerprint density at radius 3 is 2.87 bits per heavy atom. The first kappa shape index (κ1) is 20.5. The molecule has 0 unspecified atom stereocenters. The van der Waals surface area contributed by atoms with Crippen LogP contribution in [-0.2, 0) is 20.5 Å². The van der Waals surface area contributed by atoms with E-state index in [4.69, 9.17) is 4.74 Å². The van der Waals surface area contributed by atoms with Gasteiger partial charge in [-0.3, -0.25) is 9.40 Å². The Morgan fingerprint density at radius 2 is 2.10 bits per heavy atom. The number of nitrogens with zero attached hydrogens (tertiary/aromatic N) is 2. The molecule has 2 heterocycles. The normalized spacial score (nSPS) is 22.2. The van der Waals surface area contributed by atoms with Crippen LogP contribution in [0.5, 0.6) is 0 Å². The highest BCUT2D eigenvalue weighted by Gasteiger charge is 2.31. The van der Waals surface area contributed by atoms with Gasteiger partial charge in [0.2, 0.25) is 10.0 Å². The molecule has 3 N–H and O–H groups in total. The molecule has 9 nitrogen and oxygen atoms in total. The molecule has 2 aromatic rings. The molecule has 1 aromatic carbocycles. The molecule has 2 aliphatic rings. The molecule has 1 amide bonds. The van der Waals surface area contributed by atoms with Gasteiger partial charge in [-0.15, -0.1) is 0 Å². The van der Waals surface area contributed by atoms with Crippen molar-refractivity contribution in [2.45, 2.75) is 56.9 Å². The maximum atomic E-state index is 12.0. The average molecular weight is 434 g/mol. The summed E-state index contributed by atoms with van der Waals surface area (Å²) in [7, 11) is -1.69. The van der Waals surface area contributed by atoms with Gasteiger partial charge in [0.25, 0.3) is 0 Å². The van der Waals surface area contributed by atoms with Crippen LogP contribution in [0.3, 0.4) is 0 Å². The smallest absolute Gasteiger partial charge is 0.407 e. The lowest BCUT2D eigenvalue weighted by Crippen LogP contribution is -2.33. The number of amides is 1. The first-order valence-electron chi connectivity index (χ1n) is 10.1. The topological polar surface area (TPSA) is 116 Å². The average Bonchev–Trinajstić information content (AvgIpc) is 3.35. The van der Waals surface area contributed by atoms with E-state index in [9.17, 15) is 13.2 Å². The van der Waals surface area contributed by atoms with Crippen LogP contribution in [0.4, 0.5) is 22.0 Å². The van der Waals surface area contributed by atoms with Crippen LogP contribution in [0, 0.1) is 0 Å². The molecule has 0 radical (unpaired) electrons. The standard InChI is InChI=1S/C20H27N5O4S/c1-12(2)21-20(26)29-16-7-5-13(8-16)17-10-19(24-23-17)22-15-6-4-14-11-30(27,28)25(3)18(14)9-15/h4,6,9-10,12-13,16H,5,7-8,11H2,1-3H3,(H,21,26)(H2,22,23,24)/t13-,16+/m0/s1. The highest BCUT2D eigenvalue weighted by atomic mass is 32.2. The summed E-state index contributed by atoms with van der Waals surface area (Å²) in [4.78, 5) is 11.8. The summed E-state index contributed by atoms with van der Waals surface area (Å²) < 4.78 is 30.9. The Balaban J connectivity index is 1.38. The number of hydrogen-bond donors (Lipinski definition) is 3. The second-order valence-corrected chi connectivity index (χ2v) is 10.2. The fraction of sp³-hybridized carbons (Fsp3) is 0.500. The number of benzene rings is 1. The fourth-order valence-corrected chi connectivity index (χ4v) is 5.31. The van der Waals surface area contributed by atoms with Gasteiger partial charge in [-0.05, 0) is 50.8 Å². The van der Waals surface area contributed by atoms with Crippen molar-refractivity contribution in [2.24, 2.45) is 0 Å². The zero-order valence-corrected chi connectivity index (χ0v) is 18.1. The summed E-state index contributed by atoms with van der Waals surface area (Å²) in [6.45, 7) is 3.80. The third-order valence-electron chi connectivity index (χ3n) is 5.55. The third kappa shape index (κ3) is 4.23. The quantitative estimate of drug-likeness (QED) is 0.667. The second kappa shape index (κ2) is 7.82. The van der Waals surface area contributed by atoms with Gasteiger partial charge < -0.3 is 15.4 Å². The number of aromatic amines is 1. The maximum Gasteiger partial charge on any atom is 0.407 e. The van der Waals surface area contributed by atoms with Crippen LogP contribution < -0.4 is 14.9 Å². The molecule has 30 heavy (non-hydrogen) atoms. The van der Waals surface area contributed by atoms with E-state index in [1.54, 1.807) is 7.05 Å². The predicted octanol–water partition coefficient (Wildman–Crippen LogP) is 3.20. The lowest BCUT2D eigenvalue weighted by molar-refractivity contribution is 0.0981. The van der Waals surface area contributed by atoms with Gasteiger partial charge in [-0.2, -0.15) is 5.10 Å². The van der Waals surface area contributed by atoms with Crippen LogP contribution in [0.2, 0.25) is 0 Å². The number of rotatable bonds is 5. The van der Waals surface area contributed by atoms with E-state index in [2.05, 4.69) is 20.8 Å². The molecular weight excluding hydrogens is 406 g/mol. The van der Waals surface area contributed by atoms with E-state index < -0.39 is 10.0 Å². The van der Waals surface area contributed by atoms with Crippen molar-refractivity contribution in [3.05, 3.63) is 35.5 Å². The highest BCUT2D eigenvalue weighted by Crippen LogP contribution is 2.37. The third-order valence-corrected chi connectivity index (χ3v) is 7.26.